The summed E-state index contributed by atoms with van der Waals surface area (Å²) in [4.78, 5) is 81.7. The van der Waals surface area contributed by atoms with Crippen molar-refractivity contribution in [2.24, 2.45) is 30.7 Å². The molecule has 0 amide bonds. The number of carbonyl (C=O) groups excluding carboxylic acids is 3. The Morgan fingerprint density at radius 2 is 0.671 bits per heavy atom. The lowest BCUT2D eigenvalue weighted by Gasteiger charge is -2.25. The predicted octanol–water partition coefficient (Wildman–Crippen LogP) is 8.45. The number of hydrogen-bond acceptors (Lipinski definition) is 19. The van der Waals surface area contributed by atoms with Crippen LogP contribution in [0.25, 0.3) is 0 Å². The molecule has 22 nitrogen and oxygen atoms in total. The molecule has 0 radical (unpaired) electrons. The highest BCUT2D eigenvalue weighted by Gasteiger charge is 2.23. The van der Waals surface area contributed by atoms with E-state index in [-0.39, 0.29) is 108 Å². The molecule has 0 aliphatic carbocycles. The minimum Gasteiger partial charge on any atom is -0.494 e. The number of carbonyl (C=O) groups is 3. The van der Waals surface area contributed by atoms with Crippen molar-refractivity contribution in [2.75, 3.05) is 41.0 Å². The van der Waals surface area contributed by atoms with E-state index in [4.69, 9.17) is 14.2 Å². The summed E-state index contributed by atoms with van der Waals surface area (Å²) in [6.07, 6.45) is 0. The highest BCUT2D eigenvalue weighted by molar-refractivity contribution is 5.95. The Morgan fingerprint density at radius 1 is 0.425 bits per heavy atom. The Balaban J connectivity index is 1.39. The van der Waals surface area contributed by atoms with Gasteiger partial charge in [0.2, 0.25) is 0 Å². The maximum absolute atomic E-state index is 14.2. The number of rotatable bonds is 18. The zero-order valence-electron chi connectivity index (χ0n) is 41.7. The molecule has 3 aromatic heterocycles. The fourth-order valence-electron chi connectivity index (χ4n) is 7.67. The zero-order valence-corrected chi connectivity index (χ0v) is 41.7. The summed E-state index contributed by atoms with van der Waals surface area (Å²) < 4.78 is 17.9. The third kappa shape index (κ3) is 11.3. The molecule has 6 aromatic rings. The van der Waals surface area contributed by atoms with Gasteiger partial charge in [-0.15, -0.1) is 30.7 Å². The number of aromatic nitrogens is 3. The van der Waals surface area contributed by atoms with Crippen molar-refractivity contribution in [3.8, 4) is 17.6 Å². The molecule has 0 fully saturated rings. The van der Waals surface area contributed by atoms with Crippen molar-refractivity contribution < 1.29 is 43.9 Å². The van der Waals surface area contributed by atoms with Crippen LogP contribution in [0.2, 0.25) is 0 Å². The van der Waals surface area contributed by atoms with E-state index in [1.54, 1.807) is 82.8 Å². The van der Waals surface area contributed by atoms with Gasteiger partial charge in [0.25, 0.3) is 16.7 Å². The lowest BCUT2D eigenvalue weighted by Crippen LogP contribution is -2.38. The van der Waals surface area contributed by atoms with Crippen molar-refractivity contribution in [1.29, 1.82) is 0 Å². The summed E-state index contributed by atoms with van der Waals surface area (Å²) in [5, 5.41) is 59.6. The van der Waals surface area contributed by atoms with Crippen LogP contribution in [0.4, 0.5) is 34.1 Å². The van der Waals surface area contributed by atoms with Gasteiger partial charge in [0.15, 0.2) is 34.7 Å². The fraction of sp³-hybridized carbons (Fsp3) is 0.294. The minimum absolute atomic E-state index is 0.0355. The topological polar surface area (TPSA) is 283 Å². The van der Waals surface area contributed by atoms with E-state index in [2.05, 4.69) is 30.7 Å². The van der Waals surface area contributed by atoms with Crippen LogP contribution in [-0.4, -0.2) is 92.8 Å². The normalized spacial score (nSPS) is 11.6. The number of esters is 3. The van der Waals surface area contributed by atoms with E-state index < -0.39 is 34.6 Å². The van der Waals surface area contributed by atoms with Crippen LogP contribution in [0, 0.1) is 41.5 Å². The van der Waals surface area contributed by atoms with Crippen LogP contribution in [0.1, 0.15) is 64.5 Å². The van der Waals surface area contributed by atoms with Gasteiger partial charge in [0.1, 0.15) is 17.1 Å². The monoisotopic (exact) mass is 998 g/mol. The third-order valence-electron chi connectivity index (χ3n) is 12.5. The van der Waals surface area contributed by atoms with E-state index in [1.165, 1.54) is 57.7 Å². The van der Waals surface area contributed by atoms with Gasteiger partial charge < -0.3 is 29.5 Å². The molecule has 0 bridgehead atoms. The van der Waals surface area contributed by atoms with Gasteiger partial charge in [-0.3, -0.25) is 33.0 Å². The van der Waals surface area contributed by atoms with E-state index in [0.29, 0.717) is 33.4 Å². The number of hydrogen-bond donors (Lipinski definition) is 3. The molecule has 3 heterocycles. The molecule has 0 unspecified atom stereocenters. The smallest absolute Gasteiger partial charge is 0.340 e. The summed E-state index contributed by atoms with van der Waals surface area (Å²) in [5.74, 6) is -3.09. The van der Waals surface area contributed by atoms with Crippen molar-refractivity contribution in [3.05, 3.63) is 154 Å². The quantitative estimate of drug-likeness (QED) is 0.0414. The molecule has 0 aliphatic heterocycles. The first-order chi connectivity index (χ1) is 34.9. The maximum atomic E-state index is 14.2. The molecule has 0 saturated heterocycles. The van der Waals surface area contributed by atoms with Crippen molar-refractivity contribution in [3.63, 3.8) is 0 Å². The molecule has 73 heavy (non-hydrogen) atoms. The van der Waals surface area contributed by atoms with Crippen LogP contribution in [0.3, 0.4) is 0 Å². The first-order valence-electron chi connectivity index (χ1n) is 22.6. The molecular weight excluding hydrogens is 945 g/mol. The Hall–Kier alpha value is -8.92. The standard InChI is InChI=1S/C51H54N10O12/c1-28-31(4)43(62)59(46(65)40(28)55-52-37-19-13-10-16-34(37)49(68)71-7)25-22-58(23-26-60-44(63)32(5)29(2)41(47(60)66)56-53-38-20-14-11-17-35(38)50(69)72-8)24-27-61-45(64)33(6)30(3)42(48(61)67)57-54-39-21-15-12-18-36(39)51(70)73-9/h10-21,62-64H,22-27H2,1-9H3. The summed E-state index contributed by atoms with van der Waals surface area (Å²) in [5.41, 5.74) is 0.126. The second kappa shape index (κ2) is 23.3. The molecule has 6 rings (SSSR count). The van der Waals surface area contributed by atoms with E-state index in [0.717, 1.165) is 13.7 Å². The number of benzene rings is 3. The minimum atomic E-state index is -0.724. The summed E-state index contributed by atoms with van der Waals surface area (Å²) in [6.45, 7) is 8.88. The van der Waals surface area contributed by atoms with Crippen LogP contribution >= 0.6 is 0 Å². The van der Waals surface area contributed by atoms with Gasteiger partial charge in [-0.25, -0.2) is 14.4 Å². The van der Waals surface area contributed by atoms with E-state index in [9.17, 15) is 44.1 Å². The lowest BCUT2D eigenvalue weighted by atomic mass is 10.1. The SMILES string of the molecule is COC(=O)c1ccccc1N=Nc1c(C)c(C)c(O)n(CCN(CCn2c(O)c(C)c(C)c(N=Nc3ccccc3C(=O)OC)c2=O)CCn2c(O)c(C)c(C)c(N=Nc3ccccc3C(=O)OC)c2=O)c1=O. The lowest BCUT2D eigenvalue weighted by molar-refractivity contribution is 0.0592. The molecule has 0 spiro atoms. The average molecular weight is 999 g/mol. The van der Waals surface area contributed by atoms with Crippen molar-refractivity contribution >= 4 is 52.0 Å². The summed E-state index contributed by atoms with van der Waals surface area (Å²) >= 11 is 0. The number of aromatic hydroxyl groups is 3. The average Bonchev–Trinajstić information content (AvgIpc) is 3.40. The van der Waals surface area contributed by atoms with Crippen LogP contribution < -0.4 is 16.7 Å². The van der Waals surface area contributed by atoms with Crippen LogP contribution in [0.5, 0.6) is 17.6 Å². The number of pyridine rings is 3. The highest BCUT2D eigenvalue weighted by Crippen LogP contribution is 2.31. The molecule has 3 N–H and O–H groups in total. The molecule has 22 heteroatoms. The number of methoxy groups -OCH3 is 3. The summed E-state index contributed by atoms with van der Waals surface area (Å²) in [6, 6.07) is 18.8. The second-order valence-corrected chi connectivity index (χ2v) is 16.6. The molecule has 0 atom stereocenters. The van der Waals surface area contributed by atoms with Gasteiger partial charge in [-0.2, -0.15) is 0 Å². The predicted molar refractivity (Wildman–Crippen MR) is 268 cm³/mol. The molecule has 0 saturated carbocycles. The summed E-state index contributed by atoms with van der Waals surface area (Å²) in [7, 11) is 3.66. The van der Waals surface area contributed by atoms with Gasteiger partial charge >= 0.3 is 17.9 Å². The molecule has 380 valence electrons. The first kappa shape index (κ1) is 53.4. The number of ether oxygens (including phenoxy) is 3. The van der Waals surface area contributed by atoms with Gasteiger partial charge in [0.05, 0.1) is 38.0 Å². The molecular formula is C51H54N10O12. The number of nitrogens with zero attached hydrogens (tertiary/aromatic N) is 10. The molecule has 3 aromatic carbocycles. The fourth-order valence-corrected chi connectivity index (χ4v) is 7.67. The van der Waals surface area contributed by atoms with Gasteiger partial charge in [-0.05, 0) is 94.6 Å². The van der Waals surface area contributed by atoms with Gasteiger partial charge in [0, 0.05) is 56.0 Å². The second-order valence-electron chi connectivity index (χ2n) is 16.6. The largest absolute Gasteiger partial charge is 0.494 e. The van der Waals surface area contributed by atoms with Crippen LogP contribution in [-0.2, 0) is 33.8 Å². The Morgan fingerprint density at radius 3 is 0.918 bits per heavy atom. The maximum Gasteiger partial charge on any atom is 0.340 e. The zero-order chi connectivity index (χ0) is 53.3. The Bertz CT molecular complexity index is 3060. The van der Waals surface area contributed by atoms with Crippen LogP contribution in [0.15, 0.2) is 118 Å². The Kier molecular flexibility index (Phi) is 17.1. The first-order valence-corrected chi connectivity index (χ1v) is 22.6. The Labute approximate surface area is 417 Å². The van der Waals surface area contributed by atoms with Gasteiger partial charge in [-0.1, -0.05) is 36.4 Å². The third-order valence-corrected chi connectivity index (χ3v) is 12.5. The number of azo groups is 3. The van der Waals surface area contributed by atoms with Crippen molar-refractivity contribution in [1.82, 2.24) is 18.6 Å². The van der Waals surface area contributed by atoms with E-state index >= 15 is 0 Å². The van der Waals surface area contributed by atoms with E-state index in [1.807, 2.05) is 0 Å². The molecule has 0 aliphatic rings. The highest BCUT2D eigenvalue weighted by atomic mass is 16.5. The van der Waals surface area contributed by atoms with Crippen molar-refractivity contribution in [2.45, 2.75) is 61.2 Å².